The number of likely N-dealkylation sites (N-methyl/N-ethyl adjacent to an activating group) is 1. The smallest absolute Gasteiger partial charge is 0.307 e. The predicted octanol–water partition coefficient (Wildman–Crippen LogP) is 1.01. The lowest BCUT2D eigenvalue weighted by Gasteiger charge is -2.15. The quantitative estimate of drug-likeness (QED) is 0.653. The van der Waals surface area contributed by atoms with Gasteiger partial charge in [0.1, 0.15) is 5.75 Å². The van der Waals surface area contributed by atoms with Crippen molar-refractivity contribution in [2.45, 2.75) is 12.8 Å². The van der Waals surface area contributed by atoms with Crippen molar-refractivity contribution in [3.63, 3.8) is 0 Å². The van der Waals surface area contributed by atoms with Crippen LogP contribution in [0.3, 0.4) is 0 Å². The molecule has 0 radical (unpaired) electrons. The molecule has 19 heavy (non-hydrogen) atoms. The van der Waals surface area contributed by atoms with Crippen LogP contribution in [0.1, 0.15) is 12.0 Å². The highest BCUT2D eigenvalue weighted by Crippen LogP contribution is 2.18. The first-order valence-corrected chi connectivity index (χ1v) is 6.35. The summed E-state index contributed by atoms with van der Waals surface area (Å²) in [4.78, 5) is 12.7. The molecule has 0 aromatic heterocycles. The molecule has 0 unspecified atom stereocenters. The van der Waals surface area contributed by atoms with Crippen LogP contribution in [-0.4, -0.2) is 54.4 Å². The van der Waals surface area contributed by atoms with E-state index in [1.54, 1.807) is 18.2 Å². The van der Waals surface area contributed by atoms with Crippen LogP contribution in [0.15, 0.2) is 24.3 Å². The summed E-state index contributed by atoms with van der Waals surface area (Å²) in [5.41, 5.74) is 0.693. The zero-order chi connectivity index (χ0) is 14.1. The lowest BCUT2D eigenvalue weighted by molar-refractivity contribution is -0.136. The normalized spacial score (nSPS) is 10.7. The van der Waals surface area contributed by atoms with Gasteiger partial charge in [-0.2, -0.15) is 0 Å². The Morgan fingerprint density at radius 2 is 2.05 bits per heavy atom. The number of rotatable bonds is 9. The number of hydrogen-bond donors (Lipinski definition) is 2. The highest BCUT2D eigenvalue weighted by molar-refractivity contribution is 5.71. The molecular formula is C14H21NO4. The minimum Gasteiger partial charge on any atom is -0.493 e. The maximum atomic E-state index is 10.7. The molecule has 0 saturated heterocycles. The Morgan fingerprint density at radius 1 is 1.32 bits per heavy atom. The SMILES string of the molecule is CN(CCO)CCCOc1ccccc1CC(=O)O. The standard InChI is InChI=1S/C14H21NO4/c1-15(8-9-16)7-4-10-19-13-6-3-2-5-12(13)11-14(17)18/h2-3,5-6,16H,4,7-11H2,1H3,(H,17,18). The van der Waals surface area contributed by atoms with Crippen LogP contribution in [0.4, 0.5) is 0 Å². The van der Waals surface area contributed by atoms with Crippen LogP contribution in [0, 0.1) is 0 Å². The fraction of sp³-hybridized carbons (Fsp3) is 0.500. The molecule has 1 rings (SSSR count). The molecule has 5 heteroatoms. The second kappa shape index (κ2) is 8.50. The Morgan fingerprint density at radius 3 is 2.74 bits per heavy atom. The van der Waals surface area contributed by atoms with Gasteiger partial charge in [0.05, 0.1) is 19.6 Å². The van der Waals surface area contributed by atoms with E-state index in [2.05, 4.69) is 0 Å². The number of aliphatic hydroxyl groups is 1. The highest BCUT2D eigenvalue weighted by atomic mass is 16.5. The number of aliphatic carboxylic acids is 1. The topological polar surface area (TPSA) is 70.0 Å². The van der Waals surface area contributed by atoms with Crippen molar-refractivity contribution < 1.29 is 19.7 Å². The summed E-state index contributed by atoms with van der Waals surface area (Å²) in [5.74, 6) is -0.228. The first-order chi connectivity index (χ1) is 9.13. The summed E-state index contributed by atoms with van der Waals surface area (Å²) < 4.78 is 5.61. The second-order valence-corrected chi connectivity index (χ2v) is 4.41. The molecule has 0 aliphatic rings. The molecule has 0 atom stereocenters. The number of carboxylic acids is 1. The molecule has 0 saturated carbocycles. The summed E-state index contributed by atoms with van der Waals surface area (Å²) in [6.07, 6.45) is 0.804. The van der Waals surface area contributed by atoms with Crippen molar-refractivity contribution in [2.75, 3.05) is 33.4 Å². The minimum atomic E-state index is -0.862. The highest BCUT2D eigenvalue weighted by Gasteiger charge is 2.07. The molecule has 0 amide bonds. The minimum absolute atomic E-state index is 0.0272. The van der Waals surface area contributed by atoms with Gasteiger partial charge >= 0.3 is 5.97 Å². The third-order valence-electron chi connectivity index (χ3n) is 2.74. The molecule has 0 spiro atoms. The van der Waals surface area contributed by atoms with E-state index in [4.69, 9.17) is 14.9 Å². The van der Waals surface area contributed by atoms with Gasteiger partial charge in [0.25, 0.3) is 0 Å². The van der Waals surface area contributed by atoms with E-state index in [0.717, 1.165) is 13.0 Å². The van der Waals surface area contributed by atoms with Gasteiger partial charge in [0.2, 0.25) is 0 Å². The first kappa shape index (κ1) is 15.5. The molecule has 0 aliphatic heterocycles. The van der Waals surface area contributed by atoms with Gasteiger partial charge in [-0.05, 0) is 19.5 Å². The van der Waals surface area contributed by atoms with E-state index in [9.17, 15) is 4.79 Å². The van der Waals surface area contributed by atoms with E-state index in [-0.39, 0.29) is 13.0 Å². The summed E-state index contributed by atoms with van der Waals surface area (Å²) in [5, 5.41) is 17.6. The third-order valence-corrected chi connectivity index (χ3v) is 2.74. The van der Waals surface area contributed by atoms with Crippen LogP contribution in [0.5, 0.6) is 5.75 Å². The monoisotopic (exact) mass is 267 g/mol. The van der Waals surface area contributed by atoms with Crippen LogP contribution in [0.2, 0.25) is 0 Å². The van der Waals surface area contributed by atoms with Gasteiger partial charge < -0.3 is 19.8 Å². The van der Waals surface area contributed by atoms with Crippen molar-refractivity contribution in [3.8, 4) is 5.75 Å². The Balaban J connectivity index is 2.38. The number of para-hydroxylation sites is 1. The van der Waals surface area contributed by atoms with Gasteiger partial charge in [-0.25, -0.2) is 0 Å². The van der Waals surface area contributed by atoms with Crippen LogP contribution in [-0.2, 0) is 11.2 Å². The largest absolute Gasteiger partial charge is 0.493 e. The van der Waals surface area contributed by atoms with Gasteiger partial charge in [-0.15, -0.1) is 0 Å². The molecule has 5 nitrogen and oxygen atoms in total. The summed E-state index contributed by atoms with van der Waals surface area (Å²) in [7, 11) is 1.94. The van der Waals surface area contributed by atoms with E-state index >= 15 is 0 Å². The van der Waals surface area contributed by atoms with Crippen molar-refractivity contribution >= 4 is 5.97 Å². The number of benzene rings is 1. The second-order valence-electron chi connectivity index (χ2n) is 4.41. The third kappa shape index (κ3) is 6.22. The average molecular weight is 267 g/mol. The summed E-state index contributed by atoms with van der Waals surface area (Å²) >= 11 is 0. The van der Waals surface area contributed by atoms with Crippen molar-refractivity contribution in [1.82, 2.24) is 4.90 Å². The Kier molecular flexibility index (Phi) is 6.92. The van der Waals surface area contributed by atoms with Crippen molar-refractivity contribution in [3.05, 3.63) is 29.8 Å². The molecule has 0 bridgehead atoms. The average Bonchev–Trinajstić information content (AvgIpc) is 2.36. The lowest BCUT2D eigenvalue weighted by Crippen LogP contribution is -2.24. The molecule has 0 fully saturated rings. The van der Waals surface area contributed by atoms with E-state index in [1.807, 2.05) is 18.0 Å². The fourth-order valence-electron chi connectivity index (χ4n) is 1.75. The Hall–Kier alpha value is -1.59. The molecule has 1 aromatic rings. The van der Waals surface area contributed by atoms with E-state index < -0.39 is 5.97 Å². The number of ether oxygens (including phenoxy) is 1. The Bertz CT molecular complexity index is 395. The molecule has 0 aliphatic carbocycles. The molecular weight excluding hydrogens is 246 g/mol. The number of nitrogens with zero attached hydrogens (tertiary/aromatic N) is 1. The molecule has 0 heterocycles. The van der Waals surface area contributed by atoms with Crippen molar-refractivity contribution in [1.29, 1.82) is 0 Å². The van der Waals surface area contributed by atoms with Gasteiger partial charge in [0, 0.05) is 18.7 Å². The zero-order valence-corrected chi connectivity index (χ0v) is 11.2. The fourth-order valence-corrected chi connectivity index (χ4v) is 1.75. The number of carbonyl (C=O) groups is 1. The molecule has 1 aromatic carbocycles. The van der Waals surface area contributed by atoms with Gasteiger partial charge in [-0.3, -0.25) is 4.79 Å². The predicted molar refractivity (Wildman–Crippen MR) is 72.5 cm³/mol. The van der Waals surface area contributed by atoms with E-state index in [0.29, 0.717) is 24.5 Å². The number of carboxylic acid groups (broad SMARTS) is 1. The van der Waals surface area contributed by atoms with E-state index in [1.165, 1.54) is 0 Å². The molecule has 2 N–H and O–H groups in total. The van der Waals surface area contributed by atoms with Gasteiger partial charge in [0.15, 0.2) is 0 Å². The van der Waals surface area contributed by atoms with Gasteiger partial charge in [-0.1, -0.05) is 18.2 Å². The number of aliphatic hydroxyl groups excluding tert-OH is 1. The molecule has 106 valence electrons. The maximum absolute atomic E-state index is 10.7. The lowest BCUT2D eigenvalue weighted by atomic mass is 10.1. The van der Waals surface area contributed by atoms with Crippen LogP contribution in [0.25, 0.3) is 0 Å². The van der Waals surface area contributed by atoms with Crippen LogP contribution >= 0.6 is 0 Å². The Labute approximate surface area is 113 Å². The maximum Gasteiger partial charge on any atom is 0.307 e. The zero-order valence-electron chi connectivity index (χ0n) is 11.2. The first-order valence-electron chi connectivity index (χ1n) is 6.35. The van der Waals surface area contributed by atoms with Crippen LogP contribution < -0.4 is 4.74 Å². The number of hydrogen-bond acceptors (Lipinski definition) is 4. The van der Waals surface area contributed by atoms with Crippen molar-refractivity contribution in [2.24, 2.45) is 0 Å². The summed E-state index contributed by atoms with van der Waals surface area (Å²) in [6, 6.07) is 7.19. The summed E-state index contributed by atoms with van der Waals surface area (Å²) in [6.45, 7) is 2.17.